The van der Waals surface area contributed by atoms with E-state index in [0.717, 1.165) is 23.6 Å². The standard InChI is InChI=1S/C22H30ClNO2/c1-16(2)24(17(3)4)15-14-22(5,25)18-6-10-20(11-7-18)26-21-12-8-19(23)9-13-21/h6-13,16-17,25H,14-15H2,1-5H3. The number of halogens is 1. The van der Waals surface area contributed by atoms with Crippen molar-refractivity contribution in [3.63, 3.8) is 0 Å². The summed E-state index contributed by atoms with van der Waals surface area (Å²) in [6, 6.07) is 15.8. The summed E-state index contributed by atoms with van der Waals surface area (Å²) in [5.41, 5.74) is 0.0225. The van der Waals surface area contributed by atoms with Gasteiger partial charge in [0.2, 0.25) is 0 Å². The van der Waals surface area contributed by atoms with Crippen molar-refractivity contribution < 1.29 is 9.84 Å². The first-order valence-electron chi connectivity index (χ1n) is 9.21. The Labute approximate surface area is 162 Å². The molecule has 4 heteroatoms. The van der Waals surface area contributed by atoms with Crippen molar-refractivity contribution >= 4 is 11.6 Å². The van der Waals surface area contributed by atoms with Crippen LogP contribution >= 0.6 is 11.6 Å². The molecule has 0 spiro atoms. The SMILES string of the molecule is CC(C)N(CCC(C)(O)c1ccc(Oc2ccc(Cl)cc2)cc1)C(C)C. The van der Waals surface area contributed by atoms with E-state index in [1.807, 2.05) is 43.3 Å². The van der Waals surface area contributed by atoms with E-state index in [4.69, 9.17) is 16.3 Å². The van der Waals surface area contributed by atoms with E-state index in [1.54, 1.807) is 12.1 Å². The fraction of sp³-hybridized carbons (Fsp3) is 0.455. The number of nitrogens with zero attached hydrogens (tertiary/aromatic N) is 1. The van der Waals surface area contributed by atoms with Crippen molar-refractivity contribution in [2.24, 2.45) is 0 Å². The molecule has 2 aromatic rings. The van der Waals surface area contributed by atoms with Gasteiger partial charge in [-0.15, -0.1) is 0 Å². The van der Waals surface area contributed by atoms with Gasteiger partial charge in [0.15, 0.2) is 0 Å². The molecule has 1 atom stereocenters. The van der Waals surface area contributed by atoms with Crippen molar-refractivity contribution in [2.45, 2.75) is 58.7 Å². The molecular weight excluding hydrogens is 346 g/mol. The lowest BCUT2D eigenvalue weighted by Gasteiger charge is -2.34. The minimum absolute atomic E-state index is 0.459. The number of aliphatic hydroxyl groups is 1. The van der Waals surface area contributed by atoms with Gasteiger partial charge in [0.05, 0.1) is 5.60 Å². The monoisotopic (exact) mass is 375 g/mol. The number of benzene rings is 2. The molecule has 0 aliphatic carbocycles. The Bertz CT molecular complexity index is 670. The van der Waals surface area contributed by atoms with Gasteiger partial charge >= 0.3 is 0 Å². The van der Waals surface area contributed by atoms with Gasteiger partial charge in [-0.25, -0.2) is 0 Å². The highest BCUT2D eigenvalue weighted by atomic mass is 35.5. The predicted molar refractivity (Wildman–Crippen MR) is 109 cm³/mol. The van der Waals surface area contributed by atoms with Gasteiger partial charge in [-0.05, 0) is 83.0 Å². The molecule has 0 fully saturated rings. The van der Waals surface area contributed by atoms with Crippen LogP contribution in [0, 0.1) is 0 Å². The van der Waals surface area contributed by atoms with Crippen LogP contribution in [0.5, 0.6) is 11.5 Å². The highest BCUT2D eigenvalue weighted by Gasteiger charge is 2.25. The van der Waals surface area contributed by atoms with E-state index in [0.29, 0.717) is 23.5 Å². The van der Waals surface area contributed by atoms with Crippen LogP contribution in [0.15, 0.2) is 48.5 Å². The molecule has 1 unspecified atom stereocenters. The molecule has 0 aliphatic rings. The Morgan fingerprint density at radius 3 is 1.85 bits per heavy atom. The second kappa shape index (κ2) is 8.90. The molecule has 1 N–H and O–H groups in total. The molecule has 3 nitrogen and oxygen atoms in total. The Morgan fingerprint density at radius 1 is 0.923 bits per heavy atom. The van der Waals surface area contributed by atoms with Gasteiger partial charge in [0.1, 0.15) is 11.5 Å². The maximum absolute atomic E-state index is 10.9. The van der Waals surface area contributed by atoms with Crippen LogP contribution < -0.4 is 4.74 Å². The van der Waals surface area contributed by atoms with Gasteiger partial charge in [-0.2, -0.15) is 0 Å². The quantitative estimate of drug-likeness (QED) is 0.628. The van der Waals surface area contributed by atoms with Crippen LogP contribution in [0.1, 0.15) is 46.6 Å². The molecule has 0 heterocycles. The van der Waals surface area contributed by atoms with Crippen LogP contribution in [0.4, 0.5) is 0 Å². The molecule has 0 bridgehead atoms. The molecule has 0 aromatic heterocycles. The zero-order chi connectivity index (χ0) is 19.3. The number of rotatable bonds is 8. The molecule has 142 valence electrons. The second-order valence-electron chi connectivity index (χ2n) is 7.53. The summed E-state index contributed by atoms with van der Waals surface area (Å²) < 4.78 is 5.81. The summed E-state index contributed by atoms with van der Waals surface area (Å²) in [7, 11) is 0. The van der Waals surface area contributed by atoms with Crippen LogP contribution in [0.2, 0.25) is 5.02 Å². The second-order valence-corrected chi connectivity index (χ2v) is 7.97. The lowest BCUT2D eigenvalue weighted by atomic mass is 9.92. The molecule has 0 saturated carbocycles. The van der Waals surface area contributed by atoms with Crippen molar-refractivity contribution in [1.82, 2.24) is 4.90 Å². The van der Waals surface area contributed by atoms with Crippen LogP contribution in [-0.2, 0) is 5.60 Å². The molecular formula is C22H30ClNO2. The largest absolute Gasteiger partial charge is 0.457 e. The molecule has 26 heavy (non-hydrogen) atoms. The highest BCUT2D eigenvalue weighted by Crippen LogP contribution is 2.29. The van der Waals surface area contributed by atoms with Gasteiger partial charge in [-0.3, -0.25) is 4.90 Å². The topological polar surface area (TPSA) is 32.7 Å². The lowest BCUT2D eigenvalue weighted by Crippen LogP contribution is -2.40. The van der Waals surface area contributed by atoms with E-state index in [2.05, 4.69) is 32.6 Å². The van der Waals surface area contributed by atoms with Gasteiger partial charge < -0.3 is 9.84 Å². The van der Waals surface area contributed by atoms with E-state index < -0.39 is 5.60 Å². The third-order valence-corrected chi connectivity index (χ3v) is 4.96. The molecule has 2 rings (SSSR count). The van der Waals surface area contributed by atoms with Crippen LogP contribution in [0.3, 0.4) is 0 Å². The molecule has 0 radical (unpaired) electrons. The van der Waals surface area contributed by atoms with E-state index >= 15 is 0 Å². The van der Waals surface area contributed by atoms with Crippen molar-refractivity contribution in [1.29, 1.82) is 0 Å². The summed E-state index contributed by atoms with van der Waals surface area (Å²) in [5.74, 6) is 1.47. The number of ether oxygens (including phenoxy) is 1. The normalized spacial score (nSPS) is 14.1. The Kier molecular flexibility index (Phi) is 7.10. The summed E-state index contributed by atoms with van der Waals surface area (Å²) in [6.45, 7) is 11.5. The first-order chi connectivity index (χ1) is 12.2. The molecule has 0 amide bonds. The lowest BCUT2D eigenvalue weighted by molar-refractivity contribution is 0.0272. The highest BCUT2D eigenvalue weighted by molar-refractivity contribution is 6.30. The minimum Gasteiger partial charge on any atom is -0.457 e. The van der Waals surface area contributed by atoms with Crippen LogP contribution in [0.25, 0.3) is 0 Å². The smallest absolute Gasteiger partial charge is 0.127 e. The van der Waals surface area contributed by atoms with Gasteiger partial charge in [-0.1, -0.05) is 23.7 Å². The maximum Gasteiger partial charge on any atom is 0.127 e. The Morgan fingerprint density at radius 2 is 1.38 bits per heavy atom. The average molecular weight is 376 g/mol. The zero-order valence-corrected chi connectivity index (χ0v) is 17.1. The molecule has 0 saturated heterocycles. The Balaban J connectivity index is 2.02. The molecule has 0 aliphatic heterocycles. The minimum atomic E-state index is -0.874. The Hall–Kier alpha value is -1.55. The summed E-state index contributed by atoms with van der Waals surface area (Å²) in [4.78, 5) is 2.40. The first-order valence-corrected chi connectivity index (χ1v) is 9.59. The summed E-state index contributed by atoms with van der Waals surface area (Å²) in [6.07, 6.45) is 0.681. The van der Waals surface area contributed by atoms with E-state index in [1.165, 1.54) is 0 Å². The van der Waals surface area contributed by atoms with Gasteiger partial charge in [0.25, 0.3) is 0 Å². The average Bonchev–Trinajstić information content (AvgIpc) is 2.57. The molecule has 2 aromatic carbocycles. The van der Waals surface area contributed by atoms with Crippen molar-refractivity contribution in [2.75, 3.05) is 6.54 Å². The third kappa shape index (κ3) is 5.73. The first kappa shape index (κ1) is 20.8. The van der Waals surface area contributed by atoms with Crippen molar-refractivity contribution in [3.05, 3.63) is 59.1 Å². The third-order valence-electron chi connectivity index (χ3n) is 4.71. The fourth-order valence-electron chi connectivity index (χ4n) is 3.12. The van der Waals surface area contributed by atoms with E-state index in [9.17, 15) is 5.11 Å². The number of hydrogen-bond donors (Lipinski definition) is 1. The zero-order valence-electron chi connectivity index (χ0n) is 16.4. The fourth-order valence-corrected chi connectivity index (χ4v) is 3.25. The van der Waals surface area contributed by atoms with Crippen LogP contribution in [-0.4, -0.2) is 28.6 Å². The van der Waals surface area contributed by atoms with E-state index in [-0.39, 0.29) is 0 Å². The maximum atomic E-state index is 10.9. The summed E-state index contributed by atoms with van der Waals surface area (Å²) in [5, 5.41) is 11.6. The number of hydrogen-bond acceptors (Lipinski definition) is 3. The predicted octanol–water partition coefficient (Wildman–Crippen LogP) is 5.85. The summed E-state index contributed by atoms with van der Waals surface area (Å²) >= 11 is 5.89. The van der Waals surface area contributed by atoms with Crippen molar-refractivity contribution in [3.8, 4) is 11.5 Å². The van der Waals surface area contributed by atoms with Gasteiger partial charge in [0, 0.05) is 23.7 Å².